The molecule has 0 saturated heterocycles. The van der Waals surface area contributed by atoms with Gasteiger partial charge in [-0.1, -0.05) is 0 Å². The molecule has 0 saturated carbocycles. The molecule has 2 N–H and O–H groups in total. The molecule has 7 nitrogen and oxygen atoms in total. The minimum absolute atomic E-state index is 0.239. The lowest BCUT2D eigenvalue weighted by molar-refractivity contribution is 0.0683. The Labute approximate surface area is 83.0 Å². The molecule has 2 heterocycles. The zero-order valence-corrected chi connectivity index (χ0v) is 7.41. The molecule has 0 radical (unpaired) electrons. The summed E-state index contributed by atoms with van der Waals surface area (Å²) < 4.78 is 1.26. The van der Waals surface area contributed by atoms with Crippen LogP contribution in [0.1, 0.15) is 10.6 Å². The van der Waals surface area contributed by atoms with Crippen LogP contribution in [0.15, 0.2) is 29.5 Å². The van der Waals surface area contributed by atoms with E-state index in [1.54, 1.807) is 0 Å². The van der Waals surface area contributed by atoms with Crippen molar-refractivity contribution in [2.24, 2.45) is 0 Å². The van der Waals surface area contributed by atoms with E-state index in [-0.39, 0.29) is 11.4 Å². The molecule has 0 fully saturated rings. The normalized spacial score (nSPS) is 10.1. The summed E-state index contributed by atoms with van der Waals surface area (Å²) in [5.41, 5.74) is 0.298. The maximum atomic E-state index is 10.8. The van der Waals surface area contributed by atoms with Crippen molar-refractivity contribution in [3.05, 3.63) is 40.8 Å². The van der Waals surface area contributed by atoms with Gasteiger partial charge in [-0.3, -0.25) is 4.79 Å². The fraction of sp³-hybridized carbons (Fsp3) is 0. The standard InChI is InChI=1S/C8H6N4O3/c13-6-2-1-5(3-9-6)12-4-10-7(11-12)8(14)15/h1-4H,(H,9,13)(H,14,15). The Morgan fingerprint density at radius 2 is 2.27 bits per heavy atom. The van der Waals surface area contributed by atoms with E-state index in [1.807, 2.05) is 0 Å². The number of aromatic nitrogens is 4. The van der Waals surface area contributed by atoms with Crippen molar-refractivity contribution in [2.75, 3.05) is 0 Å². The number of carboxylic acids is 1. The largest absolute Gasteiger partial charge is 0.475 e. The van der Waals surface area contributed by atoms with Crippen molar-refractivity contribution in [1.29, 1.82) is 0 Å². The Morgan fingerprint density at radius 3 is 2.80 bits per heavy atom. The quantitative estimate of drug-likeness (QED) is 0.699. The van der Waals surface area contributed by atoms with Gasteiger partial charge < -0.3 is 10.1 Å². The van der Waals surface area contributed by atoms with Crippen molar-refractivity contribution in [3.8, 4) is 5.69 Å². The van der Waals surface area contributed by atoms with E-state index in [1.165, 1.54) is 29.3 Å². The van der Waals surface area contributed by atoms with E-state index in [2.05, 4.69) is 15.1 Å². The second-order valence-electron chi connectivity index (χ2n) is 2.73. The van der Waals surface area contributed by atoms with E-state index in [4.69, 9.17) is 5.11 Å². The average molecular weight is 206 g/mol. The predicted octanol–water partition coefficient (Wildman–Crippen LogP) is -0.346. The fourth-order valence-corrected chi connectivity index (χ4v) is 1.03. The van der Waals surface area contributed by atoms with Gasteiger partial charge in [0.05, 0.1) is 5.69 Å². The van der Waals surface area contributed by atoms with Gasteiger partial charge in [0.1, 0.15) is 6.33 Å². The number of rotatable bonds is 2. The summed E-state index contributed by atoms with van der Waals surface area (Å²) in [6.45, 7) is 0. The molecule has 0 unspecified atom stereocenters. The molecule has 0 aliphatic heterocycles. The van der Waals surface area contributed by atoms with E-state index >= 15 is 0 Å². The number of aromatic carboxylic acids is 1. The highest BCUT2D eigenvalue weighted by Gasteiger charge is 2.09. The SMILES string of the molecule is O=C(O)c1ncn(-c2ccc(=O)[nH]c2)n1. The van der Waals surface area contributed by atoms with Crippen LogP contribution >= 0.6 is 0 Å². The van der Waals surface area contributed by atoms with Gasteiger partial charge in [-0.15, -0.1) is 5.10 Å². The van der Waals surface area contributed by atoms with Crippen LogP contribution < -0.4 is 5.56 Å². The van der Waals surface area contributed by atoms with Crippen molar-refractivity contribution in [3.63, 3.8) is 0 Å². The van der Waals surface area contributed by atoms with Crippen LogP contribution in [-0.4, -0.2) is 30.8 Å². The number of nitrogens with zero attached hydrogens (tertiary/aromatic N) is 3. The third-order valence-electron chi connectivity index (χ3n) is 1.72. The zero-order valence-electron chi connectivity index (χ0n) is 7.41. The van der Waals surface area contributed by atoms with Crippen LogP contribution in [0.25, 0.3) is 5.69 Å². The first kappa shape index (κ1) is 9.13. The minimum atomic E-state index is -1.20. The number of carboxylic acid groups (broad SMARTS) is 1. The van der Waals surface area contributed by atoms with Gasteiger partial charge in [-0.25, -0.2) is 14.5 Å². The van der Waals surface area contributed by atoms with Gasteiger partial charge in [0, 0.05) is 12.3 Å². The molecular weight excluding hydrogens is 200 g/mol. The molecule has 15 heavy (non-hydrogen) atoms. The average Bonchev–Trinajstić information content (AvgIpc) is 2.68. The van der Waals surface area contributed by atoms with E-state index in [9.17, 15) is 9.59 Å². The summed E-state index contributed by atoms with van der Waals surface area (Å²) in [4.78, 5) is 27.3. The van der Waals surface area contributed by atoms with Gasteiger partial charge in [-0.2, -0.15) is 0 Å². The van der Waals surface area contributed by atoms with Crippen molar-refractivity contribution >= 4 is 5.97 Å². The maximum absolute atomic E-state index is 10.8. The Hall–Kier alpha value is -2.44. The van der Waals surface area contributed by atoms with Gasteiger partial charge in [0.15, 0.2) is 0 Å². The number of H-pyrrole nitrogens is 1. The van der Waals surface area contributed by atoms with Crippen LogP contribution in [0.5, 0.6) is 0 Å². The summed E-state index contributed by atoms with van der Waals surface area (Å²) in [5.74, 6) is -1.49. The summed E-state index contributed by atoms with van der Waals surface area (Å²) in [6, 6.07) is 2.83. The molecule has 7 heteroatoms. The molecule has 2 rings (SSSR count). The molecule has 0 bridgehead atoms. The third kappa shape index (κ3) is 1.75. The first-order chi connectivity index (χ1) is 7.16. The molecule has 76 valence electrons. The topological polar surface area (TPSA) is 101 Å². The van der Waals surface area contributed by atoms with Crippen molar-refractivity contribution in [1.82, 2.24) is 19.7 Å². The maximum Gasteiger partial charge on any atom is 0.375 e. The molecule has 0 atom stereocenters. The highest BCUT2D eigenvalue weighted by atomic mass is 16.4. The Morgan fingerprint density at radius 1 is 1.47 bits per heavy atom. The van der Waals surface area contributed by atoms with E-state index in [0.29, 0.717) is 5.69 Å². The Kier molecular flexibility index (Phi) is 2.05. The summed E-state index contributed by atoms with van der Waals surface area (Å²) in [5, 5.41) is 12.3. The second kappa shape index (κ2) is 3.37. The van der Waals surface area contributed by atoms with Crippen molar-refractivity contribution < 1.29 is 9.90 Å². The summed E-state index contributed by atoms with van der Waals surface area (Å²) >= 11 is 0. The molecule has 0 aromatic carbocycles. The van der Waals surface area contributed by atoms with Crippen LogP contribution in [0.2, 0.25) is 0 Å². The third-order valence-corrected chi connectivity index (χ3v) is 1.72. The van der Waals surface area contributed by atoms with Gasteiger partial charge >= 0.3 is 5.97 Å². The molecule has 0 aliphatic carbocycles. The van der Waals surface area contributed by atoms with Crippen LogP contribution in [0.3, 0.4) is 0 Å². The zero-order chi connectivity index (χ0) is 10.8. The molecule has 0 amide bonds. The lowest BCUT2D eigenvalue weighted by Gasteiger charge is -1.96. The smallest absolute Gasteiger partial charge is 0.375 e. The number of nitrogens with one attached hydrogen (secondary N) is 1. The molecule has 0 aliphatic rings. The van der Waals surface area contributed by atoms with Gasteiger partial charge in [0.2, 0.25) is 5.56 Å². The number of pyridine rings is 1. The molecule has 2 aromatic heterocycles. The predicted molar refractivity (Wildman–Crippen MR) is 48.9 cm³/mol. The second-order valence-corrected chi connectivity index (χ2v) is 2.73. The van der Waals surface area contributed by atoms with Gasteiger partial charge in [-0.05, 0) is 6.07 Å². The number of hydrogen-bond donors (Lipinski definition) is 2. The first-order valence-corrected chi connectivity index (χ1v) is 4.01. The first-order valence-electron chi connectivity index (χ1n) is 4.01. The minimum Gasteiger partial charge on any atom is -0.475 e. The molecule has 0 spiro atoms. The summed E-state index contributed by atoms with van der Waals surface area (Å²) in [6.07, 6.45) is 2.68. The number of carbonyl (C=O) groups is 1. The van der Waals surface area contributed by atoms with Crippen molar-refractivity contribution in [2.45, 2.75) is 0 Å². The van der Waals surface area contributed by atoms with Crippen LogP contribution in [-0.2, 0) is 0 Å². The van der Waals surface area contributed by atoms with E-state index < -0.39 is 5.97 Å². The number of aromatic amines is 1. The van der Waals surface area contributed by atoms with Crippen LogP contribution in [0, 0.1) is 0 Å². The van der Waals surface area contributed by atoms with E-state index in [0.717, 1.165) is 0 Å². The Balaban J connectivity index is 2.41. The molecular formula is C8H6N4O3. The lowest BCUT2D eigenvalue weighted by atomic mass is 10.4. The van der Waals surface area contributed by atoms with Gasteiger partial charge in [0.25, 0.3) is 5.82 Å². The fourth-order valence-electron chi connectivity index (χ4n) is 1.03. The highest BCUT2D eigenvalue weighted by Crippen LogP contribution is 2.01. The lowest BCUT2D eigenvalue weighted by Crippen LogP contribution is -2.06. The molecule has 2 aromatic rings. The monoisotopic (exact) mass is 206 g/mol. The summed E-state index contributed by atoms with van der Waals surface area (Å²) in [7, 11) is 0. The number of hydrogen-bond acceptors (Lipinski definition) is 4. The highest BCUT2D eigenvalue weighted by molar-refractivity contribution is 5.82. The van der Waals surface area contributed by atoms with Crippen LogP contribution in [0.4, 0.5) is 0 Å². The Bertz CT molecular complexity index is 537.